The van der Waals surface area contributed by atoms with Gasteiger partial charge in [-0.05, 0) is 43.7 Å². The van der Waals surface area contributed by atoms with Crippen LogP contribution in [0.2, 0.25) is 0 Å². The lowest BCUT2D eigenvalue weighted by molar-refractivity contribution is 0.276. The number of rotatable bonds is 4. The molecule has 0 bridgehead atoms. The minimum atomic E-state index is 0.0868. The van der Waals surface area contributed by atoms with Gasteiger partial charge in [-0.2, -0.15) is 0 Å². The van der Waals surface area contributed by atoms with Crippen molar-refractivity contribution in [3.8, 4) is 0 Å². The number of fused-ring (bicyclic) bond motifs is 1. The van der Waals surface area contributed by atoms with E-state index in [2.05, 4.69) is 38.1 Å². The molecule has 0 amide bonds. The van der Waals surface area contributed by atoms with Crippen LogP contribution in [0.15, 0.2) is 35.1 Å². The maximum absolute atomic E-state index is 9.26. The molecule has 3 aromatic rings. The van der Waals surface area contributed by atoms with Gasteiger partial charge in [0.1, 0.15) is 17.8 Å². The highest BCUT2D eigenvalue weighted by molar-refractivity contribution is 9.10. The van der Waals surface area contributed by atoms with E-state index in [0.29, 0.717) is 6.54 Å². The monoisotopic (exact) mass is 360 g/mol. The quantitative estimate of drug-likeness (QED) is 0.746. The van der Waals surface area contributed by atoms with Crippen LogP contribution in [0.3, 0.4) is 0 Å². The zero-order chi connectivity index (χ0) is 15.7. The van der Waals surface area contributed by atoms with Crippen molar-refractivity contribution < 1.29 is 5.11 Å². The summed E-state index contributed by atoms with van der Waals surface area (Å²) in [6.45, 7) is 4.71. The van der Waals surface area contributed by atoms with E-state index in [9.17, 15) is 5.11 Å². The van der Waals surface area contributed by atoms with Crippen LogP contribution < -0.4 is 5.32 Å². The van der Waals surface area contributed by atoms with E-state index < -0.39 is 0 Å². The first kappa shape index (κ1) is 15.0. The molecule has 0 saturated heterocycles. The van der Waals surface area contributed by atoms with Gasteiger partial charge < -0.3 is 15.0 Å². The molecule has 0 unspecified atom stereocenters. The average molecular weight is 361 g/mol. The molecule has 0 atom stereocenters. The third-order valence-corrected chi connectivity index (χ3v) is 4.36. The van der Waals surface area contributed by atoms with Crippen LogP contribution in [-0.2, 0) is 6.54 Å². The van der Waals surface area contributed by atoms with Gasteiger partial charge in [0.05, 0.1) is 12.0 Å². The van der Waals surface area contributed by atoms with Crippen LogP contribution in [0.1, 0.15) is 11.3 Å². The predicted molar refractivity (Wildman–Crippen MR) is 91.5 cm³/mol. The summed E-state index contributed by atoms with van der Waals surface area (Å²) in [6.07, 6.45) is 1.55. The Morgan fingerprint density at radius 1 is 1.18 bits per heavy atom. The molecule has 22 heavy (non-hydrogen) atoms. The minimum Gasteiger partial charge on any atom is -0.395 e. The number of aliphatic hydroxyl groups is 1. The van der Waals surface area contributed by atoms with Gasteiger partial charge in [-0.3, -0.25) is 0 Å². The van der Waals surface area contributed by atoms with Gasteiger partial charge in [-0.15, -0.1) is 0 Å². The van der Waals surface area contributed by atoms with E-state index in [4.69, 9.17) is 0 Å². The van der Waals surface area contributed by atoms with Crippen LogP contribution in [0.4, 0.5) is 11.5 Å². The predicted octanol–water partition coefficient (Wildman–Crippen LogP) is 3.55. The van der Waals surface area contributed by atoms with Gasteiger partial charge in [-0.1, -0.05) is 15.9 Å². The lowest BCUT2D eigenvalue weighted by Crippen LogP contribution is -2.05. The number of nitrogens with zero attached hydrogens (tertiary/aromatic N) is 3. The highest BCUT2D eigenvalue weighted by Gasteiger charge is 2.16. The summed E-state index contributed by atoms with van der Waals surface area (Å²) in [5, 5.41) is 13.6. The number of hydrogen-bond donors (Lipinski definition) is 2. The third kappa shape index (κ3) is 2.60. The van der Waals surface area contributed by atoms with Gasteiger partial charge in [0.2, 0.25) is 0 Å². The normalized spacial score (nSPS) is 11.1. The molecule has 1 aromatic carbocycles. The molecule has 3 rings (SSSR count). The number of aromatic nitrogens is 3. The van der Waals surface area contributed by atoms with Crippen molar-refractivity contribution >= 4 is 38.5 Å². The SMILES string of the molecule is Cc1c(C)n(CCO)c2ncnc(Nc3ccc(Br)cc3)c12. The van der Waals surface area contributed by atoms with E-state index in [1.807, 2.05) is 35.8 Å². The Bertz CT molecular complexity index is 811. The summed E-state index contributed by atoms with van der Waals surface area (Å²) in [6, 6.07) is 7.95. The molecule has 0 aliphatic carbocycles. The molecule has 0 fully saturated rings. The molecule has 0 aliphatic rings. The zero-order valence-electron chi connectivity index (χ0n) is 12.5. The topological polar surface area (TPSA) is 63.0 Å². The van der Waals surface area contributed by atoms with Gasteiger partial charge >= 0.3 is 0 Å². The molecule has 5 nitrogen and oxygen atoms in total. The maximum atomic E-state index is 9.26. The summed E-state index contributed by atoms with van der Waals surface area (Å²) in [4.78, 5) is 8.78. The molecule has 0 saturated carbocycles. The van der Waals surface area contributed by atoms with Crippen molar-refractivity contribution in [2.24, 2.45) is 0 Å². The first-order chi connectivity index (χ1) is 10.6. The van der Waals surface area contributed by atoms with Crippen molar-refractivity contribution in [1.29, 1.82) is 0 Å². The van der Waals surface area contributed by atoms with Crippen molar-refractivity contribution in [2.45, 2.75) is 20.4 Å². The molecular weight excluding hydrogens is 344 g/mol. The number of benzene rings is 1. The average Bonchev–Trinajstić information content (AvgIpc) is 2.76. The van der Waals surface area contributed by atoms with Gasteiger partial charge in [0, 0.05) is 22.4 Å². The van der Waals surface area contributed by atoms with E-state index >= 15 is 0 Å². The molecule has 0 radical (unpaired) electrons. The standard InChI is InChI=1S/C16H17BrN4O/c1-10-11(2)21(7-8-22)16-14(10)15(18-9-19-16)20-13-5-3-12(17)4-6-13/h3-6,9,22H,7-8H2,1-2H3,(H,18,19,20). The van der Waals surface area contributed by atoms with Crippen LogP contribution >= 0.6 is 15.9 Å². The van der Waals surface area contributed by atoms with Crippen molar-refractivity contribution in [1.82, 2.24) is 14.5 Å². The summed E-state index contributed by atoms with van der Waals surface area (Å²) in [5.41, 5.74) is 4.04. The molecule has 114 valence electrons. The Labute approximate surface area is 137 Å². The van der Waals surface area contributed by atoms with E-state index in [1.165, 1.54) is 0 Å². The van der Waals surface area contributed by atoms with Crippen molar-refractivity contribution in [3.63, 3.8) is 0 Å². The Balaban J connectivity index is 2.10. The number of hydrogen-bond acceptors (Lipinski definition) is 4. The largest absolute Gasteiger partial charge is 0.395 e. The molecule has 0 aliphatic heterocycles. The molecule has 6 heteroatoms. The Kier molecular flexibility index (Phi) is 4.13. The summed E-state index contributed by atoms with van der Waals surface area (Å²) in [5.74, 6) is 0.782. The fraction of sp³-hybridized carbons (Fsp3) is 0.250. The second-order valence-corrected chi connectivity index (χ2v) is 6.05. The molecule has 0 spiro atoms. The van der Waals surface area contributed by atoms with Crippen LogP contribution in [0.5, 0.6) is 0 Å². The number of aliphatic hydroxyl groups excluding tert-OH is 1. The van der Waals surface area contributed by atoms with Crippen molar-refractivity contribution in [2.75, 3.05) is 11.9 Å². The maximum Gasteiger partial charge on any atom is 0.146 e. The second kappa shape index (κ2) is 6.06. The fourth-order valence-corrected chi connectivity index (χ4v) is 2.87. The molecule has 2 heterocycles. The van der Waals surface area contributed by atoms with E-state index in [0.717, 1.165) is 38.3 Å². The molecular formula is C16H17BrN4O. The Hall–Kier alpha value is -1.92. The molecule has 2 aromatic heterocycles. The Morgan fingerprint density at radius 3 is 2.59 bits per heavy atom. The summed E-state index contributed by atoms with van der Waals surface area (Å²) >= 11 is 3.43. The Morgan fingerprint density at radius 2 is 1.91 bits per heavy atom. The van der Waals surface area contributed by atoms with Crippen LogP contribution in [-0.4, -0.2) is 26.2 Å². The number of halogens is 1. The number of anilines is 2. The first-order valence-electron chi connectivity index (χ1n) is 7.05. The van der Waals surface area contributed by atoms with E-state index in [1.54, 1.807) is 6.33 Å². The zero-order valence-corrected chi connectivity index (χ0v) is 14.1. The summed E-state index contributed by atoms with van der Waals surface area (Å²) < 4.78 is 3.06. The second-order valence-electron chi connectivity index (χ2n) is 5.14. The smallest absolute Gasteiger partial charge is 0.146 e. The minimum absolute atomic E-state index is 0.0868. The first-order valence-corrected chi connectivity index (χ1v) is 7.85. The van der Waals surface area contributed by atoms with Crippen LogP contribution in [0, 0.1) is 13.8 Å². The van der Waals surface area contributed by atoms with Crippen molar-refractivity contribution in [3.05, 3.63) is 46.3 Å². The lowest BCUT2D eigenvalue weighted by atomic mass is 10.2. The van der Waals surface area contributed by atoms with E-state index in [-0.39, 0.29) is 6.61 Å². The third-order valence-electron chi connectivity index (χ3n) is 3.84. The number of nitrogens with one attached hydrogen (secondary N) is 1. The number of aryl methyl sites for hydroxylation is 1. The van der Waals surface area contributed by atoms with Gasteiger partial charge in [-0.25, -0.2) is 9.97 Å². The molecule has 2 N–H and O–H groups in total. The van der Waals surface area contributed by atoms with Gasteiger partial charge in [0.15, 0.2) is 0 Å². The fourth-order valence-electron chi connectivity index (χ4n) is 2.61. The van der Waals surface area contributed by atoms with Crippen LogP contribution in [0.25, 0.3) is 11.0 Å². The lowest BCUT2D eigenvalue weighted by Gasteiger charge is -2.08. The van der Waals surface area contributed by atoms with Gasteiger partial charge in [0.25, 0.3) is 0 Å². The summed E-state index contributed by atoms with van der Waals surface area (Å²) in [7, 11) is 0. The highest BCUT2D eigenvalue weighted by atomic mass is 79.9. The highest BCUT2D eigenvalue weighted by Crippen LogP contribution is 2.30.